The molecule has 0 aliphatic heterocycles. The van der Waals surface area contributed by atoms with Gasteiger partial charge in [-0.15, -0.1) is 0 Å². The SMILES string of the molecule is COc1cc(N=Nc2ccc(O)c(C=NNC(N)=S)c2)cc(OC)c1. The molecule has 0 saturated heterocycles. The van der Waals surface area contributed by atoms with Crippen LogP contribution in [0, 0.1) is 0 Å². The van der Waals surface area contributed by atoms with Crippen LogP contribution in [0.25, 0.3) is 0 Å². The molecule has 0 amide bonds. The van der Waals surface area contributed by atoms with Crippen molar-refractivity contribution in [2.45, 2.75) is 0 Å². The normalized spacial score (nSPS) is 11.0. The summed E-state index contributed by atoms with van der Waals surface area (Å²) in [6, 6.07) is 9.91. The van der Waals surface area contributed by atoms with Crippen molar-refractivity contribution in [3.8, 4) is 17.2 Å². The summed E-state index contributed by atoms with van der Waals surface area (Å²) in [5.41, 5.74) is 9.21. The topological polar surface area (TPSA) is 114 Å². The average molecular weight is 359 g/mol. The second kappa shape index (κ2) is 8.60. The van der Waals surface area contributed by atoms with Crippen LogP contribution >= 0.6 is 12.2 Å². The second-order valence-electron chi connectivity index (χ2n) is 4.75. The second-order valence-corrected chi connectivity index (χ2v) is 5.19. The van der Waals surface area contributed by atoms with Gasteiger partial charge >= 0.3 is 0 Å². The first-order valence-electron chi connectivity index (χ1n) is 7.08. The summed E-state index contributed by atoms with van der Waals surface area (Å²) in [7, 11) is 3.12. The summed E-state index contributed by atoms with van der Waals surface area (Å²) in [5.74, 6) is 1.25. The Morgan fingerprint density at radius 1 is 1.08 bits per heavy atom. The third-order valence-electron chi connectivity index (χ3n) is 3.01. The van der Waals surface area contributed by atoms with Crippen LogP contribution in [0.15, 0.2) is 51.7 Å². The first-order chi connectivity index (χ1) is 12.0. The van der Waals surface area contributed by atoms with Crippen molar-refractivity contribution in [1.29, 1.82) is 0 Å². The molecule has 9 heteroatoms. The molecule has 0 heterocycles. The molecule has 0 aliphatic rings. The van der Waals surface area contributed by atoms with Crippen molar-refractivity contribution >= 4 is 34.9 Å². The van der Waals surface area contributed by atoms with Crippen molar-refractivity contribution in [1.82, 2.24) is 5.43 Å². The van der Waals surface area contributed by atoms with Crippen LogP contribution in [0.1, 0.15) is 5.56 Å². The van der Waals surface area contributed by atoms with Crippen molar-refractivity contribution < 1.29 is 14.6 Å². The maximum absolute atomic E-state index is 9.83. The van der Waals surface area contributed by atoms with Crippen LogP contribution in [0.2, 0.25) is 0 Å². The number of nitrogens with one attached hydrogen (secondary N) is 1. The molecule has 2 aromatic carbocycles. The van der Waals surface area contributed by atoms with Gasteiger partial charge in [-0.3, -0.25) is 5.43 Å². The highest BCUT2D eigenvalue weighted by Gasteiger charge is 2.03. The minimum atomic E-state index is 0.0264. The maximum Gasteiger partial charge on any atom is 0.184 e. The van der Waals surface area contributed by atoms with Gasteiger partial charge < -0.3 is 20.3 Å². The number of hydrogen-bond acceptors (Lipinski definition) is 7. The van der Waals surface area contributed by atoms with Gasteiger partial charge in [0.25, 0.3) is 0 Å². The Kier molecular flexibility index (Phi) is 6.24. The van der Waals surface area contributed by atoms with E-state index >= 15 is 0 Å². The van der Waals surface area contributed by atoms with Crippen LogP contribution in [-0.4, -0.2) is 30.7 Å². The molecule has 0 aliphatic carbocycles. The molecular formula is C16H17N5O3S. The fraction of sp³-hybridized carbons (Fsp3) is 0.125. The van der Waals surface area contributed by atoms with E-state index in [1.165, 1.54) is 12.3 Å². The largest absolute Gasteiger partial charge is 0.507 e. The minimum Gasteiger partial charge on any atom is -0.507 e. The van der Waals surface area contributed by atoms with Crippen molar-refractivity contribution in [2.24, 2.45) is 21.1 Å². The average Bonchev–Trinajstić information content (AvgIpc) is 2.61. The van der Waals surface area contributed by atoms with Gasteiger partial charge in [-0.05, 0) is 30.4 Å². The first-order valence-corrected chi connectivity index (χ1v) is 7.49. The number of phenols is 1. The van der Waals surface area contributed by atoms with Gasteiger partial charge in [0.2, 0.25) is 0 Å². The summed E-state index contributed by atoms with van der Waals surface area (Å²) in [5, 5.41) is 22.0. The minimum absolute atomic E-state index is 0.0264. The number of hydrazone groups is 1. The predicted octanol–water partition coefficient (Wildman–Crippen LogP) is 2.99. The van der Waals surface area contributed by atoms with Crippen LogP contribution < -0.4 is 20.6 Å². The third-order valence-corrected chi connectivity index (χ3v) is 3.10. The molecule has 4 N–H and O–H groups in total. The molecule has 0 fully saturated rings. The third kappa shape index (κ3) is 5.43. The van der Waals surface area contributed by atoms with Gasteiger partial charge in [-0.25, -0.2) is 0 Å². The zero-order valence-electron chi connectivity index (χ0n) is 13.6. The molecule has 8 nitrogen and oxygen atoms in total. The highest BCUT2D eigenvalue weighted by Crippen LogP contribution is 2.29. The lowest BCUT2D eigenvalue weighted by atomic mass is 10.2. The first kappa shape index (κ1) is 18.1. The maximum atomic E-state index is 9.83. The van der Waals surface area contributed by atoms with E-state index < -0.39 is 0 Å². The van der Waals surface area contributed by atoms with Crippen molar-refractivity contribution in [3.05, 3.63) is 42.0 Å². The Bertz CT molecular complexity index is 801. The molecule has 0 atom stereocenters. The van der Waals surface area contributed by atoms with Crippen LogP contribution in [0.4, 0.5) is 11.4 Å². The van der Waals surface area contributed by atoms with Crippen molar-refractivity contribution in [2.75, 3.05) is 14.2 Å². The number of hydrogen-bond donors (Lipinski definition) is 3. The van der Waals surface area contributed by atoms with Crippen molar-refractivity contribution in [3.63, 3.8) is 0 Å². The fourth-order valence-electron chi connectivity index (χ4n) is 1.84. The van der Waals surface area contributed by atoms with Gasteiger partial charge in [0.15, 0.2) is 5.11 Å². The zero-order chi connectivity index (χ0) is 18.2. The predicted molar refractivity (Wildman–Crippen MR) is 99.3 cm³/mol. The monoisotopic (exact) mass is 359 g/mol. The Hall–Kier alpha value is -3.20. The van der Waals surface area contributed by atoms with Gasteiger partial charge in [0.1, 0.15) is 17.2 Å². The Morgan fingerprint density at radius 2 is 1.72 bits per heavy atom. The number of benzene rings is 2. The summed E-state index contributed by atoms with van der Waals surface area (Å²) in [6.07, 6.45) is 1.38. The van der Waals surface area contributed by atoms with Crippen LogP contribution in [-0.2, 0) is 0 Å². The smallest absolute Gasteiger partial charge is 0.184 e. The lowest BCUT2D eigenvalue weighted by Gasteiger charge is -2.05. The Labute approximate surface area is 150 Å². The molecule has 2 aromatic rings. The molecule has 0 spiro atoms. The molecule has 2 rings (SSSR count). The zero-order valence-corrected chi connectivity index (χ0v) is 14.4. The standard InChI is InChI=1S/C16H17N5O3S/c1-23-13-6-12(7-14(8-13)24-2)20-19-11-3-4-15(22)10(5-11)9-18-21-16(17)25/h3-9,22H,1-2H3,(H3,17,21,25). The number of methoxy groups -OCH3 is 2. The van der Waals surface area contributed by atoms with E-state index in [0.717, 1.165) is 0 Å². The number of thiocarbonyl (C=S) groups is 1. The quantitative estimate of drug-likeness (QED) is 0.316. The van der Waals surface area contributed by atoms with Gasteiger partial charge in [0, 0.05) is 23.8 Å². The van der Waals surface area contributed by atoms with E-state index in [4.69, 9.17) is 15.2 Å². The molecule has 0 saturated carbocycles. The van der Waals surface area contributed by atoms with Gasteiger partial charge in [0.05, 0.1) is 31.8 Å². The lowest BCUT2D eigenvalue weighted by Crippen LogP contribution is -2.23. The molecule has 0 radical (unpaired) electrons. The molecule has 0 aromatic heterocycles. The summed E-state index contributed by atoms with van der Waals surface area (Å²) in [4.78, 5) is 0. The van der Waals surface area contributed by atoms with Crippen LogP contribution in [0.3, 0.4) is 0 Å². The number of nitrogens with zero attached hydrogens (tertiary/aromatic N) is 3. The fourth-order valence-corrected chi connectivity index (χ4v) is 1.89. The molecule has 0 unspecified atom stereocenters. The summed E-state index contributed by atoms with van der Waals surface area (Å²) >= 11 is 4.64. The number of rotatable bonds is 6. The number of phenolic OH excluding ortho intramolecular Hbond substituents is 1. The van der Waals surface area contributed by atoms with Gasteiger partial charge in [-0.1, -0.05) is 0 Å². The Morgan fingerprint density at radius 3 is 2.32 bits per heavy atom. The van der Waals surface area contributed by atoms with Gasteiger partial charge in [-0.2, -0.15) is 15.3 Å². The molecule has 25 heavy (non-hydrogen) atoms. The highest BCUT2D eigenvalue weighted by molar-refractivity contribution is 7.80. The number of aromatic hydroxyl groups is 1. The summed E-state index contributed by atoms with van der Waals surface area (Å²) < 4.78 is 10.4. The van der Waals surface area contributed by atoms with E-state index in [2.05, 4.69) is 33.0 Å². The molecule has 130 valence electrons. The van der Waals surface area contributed by atoms with E-state index in [0.29, 0.717) is 28.4 Å². The number of ether oxygens (including phenoxy) is 2. The van der Waals surface area contributed by atoms with Crippen LogP contribution in [0.5, 0.6) is 17.2 Å². The van der Waals surface area contributed by atoms with E-state index in [-0.39, 0.29) is 10.9 Å². The highest BCUT2D eigenvalue weighted by atomic mass is 32.1. The summed E-state index contributed by atoms with van der Waals surface area (Å²) in [6.45, 7) is 0. The lowest BCUT2D eigenvalue weighted by molar-refractivity contribution is 0.394. The molecule has 0 bridgehead atoms. The Balaban J connectivity index is 2.23. The van der Waals surface area contributed by atoms with E-state index in [9.17, 15) is 5.11 Å². The van der Waals surface area contributed by atoms with E-state index in [1.807, 2.05) is 0 Å². The number of nitrogens with two attached hydrogens (primary N) is 1. The van der Waals surface area contributed by atoms with E-state index in [1.54, 1.807) is 44.6 Å². The molecular weight excluding hydrogens is 342 g/mol. The number of azo groups is 1.